The fraction of sp³-hybridized carbons (Fsp3) is 0.643. The van der Waals surface area contributed by atoms with E-state index in [2.05, 4.69) is 29.0 Å². The van der Waals surface area contributed by atoms with Crippen molar-refractivity contribution in [3.8, 4) is 0 Å². The predicted molar refractivity (Wildman–Crippen MR) is 80.3 cm³/mol. The smallest absolute Gasteiger partial charge is 0.311 e. The van der Waals surface area contributed by atoms with E-state index in [-0.39, 0.29) is 16.7 Å². The minimum absolute atomic E-state index is 0.0904. The lowest BCUT2D eigenvalue weighted by Crippen LogP contribution is -2.42. The first-order valence-electron chi connectivity index (χ1n) is 7.18. The molecule has 1 aromatic rings. The van der Waals surface area contributed by atoms with Gasteiger partial charge in [0.25, 0.3) is 0 Å². The summed E-state index contributed by atoms with van der Waals surface area (Å²) >= 11 is 0. The Morgan fingerprint density at radius 3 is 2.85 bits per heavy atom. The van der Waals surface area contributed by atoms with E-state index < -0.39 is 0 Å². The van der Waals surface area contributed by atoms with Gasteiger partial charge in [-0.15, -0.1) is 0 Å². The highest BCUT2D eigenvalue weighted by Crippen LogP contribution is 2.33. The summed E-state index contributed by atoms with van der Waals surface area (Å²) in [6.07, 6.45) is 2.21. The van der Waals surface area contributed by atoms with Crippen LogP contribution in [0.3, 0.4) is 0 Å². The maximum atomic E-state index is 11.2. The fourth-order valence-electron chi connectivity index (χ4n) is 2.66. The number of piperidine rings is 1. The van der Waals surface area contributed by atoms with Crippen LogP contribution in [0.4, 0.5) is 17.3 Å². The Bertz CT molecular complexity index is 492. The number of anilines is 2. The lowest BCUT2D eigenvalue weighted by molar-refractivity contribution is -0.384. The molecule has 1 N–H and O–H groups in total. The molecule has 6 heteroatoms. The van der Waals surface area contributed by atoms with Crippen LogP contribution < -0.4 is 10.2 Å². The van der Waals surface area contributed by atoms with Crippen molar-refractivity contribution in [2.75, 3.05) is 23.3 Å². The number of hydrogen-bond donors (Lipinski definition) is 1. The second kappa shape index (κ2) is 6.07. The van der Waals surface area contributed by atoms with Gasteiger partial charge in [0.05, 0.1) is 4.92 Å². The fourth-order valence-corrected chi connectivity index (χ4v) is 2.66. The molecule has 1 saturated heterocycles. The van der Waals surface area contributed by atoms with Crippen molar-refractivity contribution in [1.29, 1.82) is 0 Å². The third-order valence-electron chi connectivity index (χ3n) is 3.80. The quantitative estimate of drug-likeness (QED) is 0.677. The first kappa shape index (κ1) is 14.6. The Labute approximate surface area is 119 Å². The van der Waals surface area contributed by atoms with E-state index in [4.69, 9.17) is 0 Å². The molecule has 0 aromatic carbocycles. The number of nitrogens with one attached hydrogen (secondary N) is 1. The Morgan fingerprint density at radius 1 is 1.45 bits per heavy atom. The summed E-state index contributed by atoms with van der Waals surface area (Å²) in [6.45, 7) is 7.84. The first-order valence-corrected chi connectivity index (χ1v) is 7.18. The Hall–Kier alpha value is -1.85. The third kappa shape index (κ3) is 3.00. The number of pyridine rings is 1. The molecule has 1 aromatic heterocycles. The topological polar surface area (TPSA) is 71.3 Å². The molecule has 20 heavy (non-hydrogen) atoms. The SMILES string of the molecule is CCNc1ccc([N+](=O)[O-])c(N2CC(C)CCC2C)n1. The summed E-state index contributed by atoms with van der Waals surface area (Å²) in [4.78, 5) is 17.4. The van der Waals surface area contributed by atoms with Gasteiger partial charge in [-0.3, -0.25) is 10.1 Å². The second-order valence-electron chi connectivity index (χ2n) is 5.51. The Kier molecular flexibility index (Phi) is 4.42. The number of nitrogens with zero attached hydrogens (tertiary/aromatic N) is 3. The molecule has 0 radical (unpaired) electrons. The lowest BCUT2D eigenvalue weighted by Gasteiger charge is -2.37. The van der Waals surface area contributed by atoms with Gasteiger partial charge in [0, 0.05) is 25.2 Å². The van der Waals surface area contributed by atoms with Crippen molar-refractivity contribution in [3.05, 3.63) is 22.2 Å². The van der Waals surface area contributed by atoms with Crippen LogP contribution in [0.5, 0.6) is 0 Å². The summed E-state index contributed by atoms with van der Waals surface area (Å²) in [5, 5.41) is 14.4. The van der Waals surface area contributed by atoms with Crippen molar-refractivity contribution in [1.82, 2.24) is 4.98 Å². The molecule has 2 heterocycles. The normalized spacial score (nSPS) is 22.6. The van der Waals surface area contributed by atoms with Gasteiger partial charge in [-0.25, -0.2) is 4.98 Å². The van der Waals surface area contributed by atoms with Crippen LogP contribution in [0.1, 0.15) is 33.6 Å². The van der Waals surface area contributed by atoms with Gasteiger partial charge in [-0.1, -0.05) is 6.92 Å². The van der Waals surface area contributed by atoms with E-state index in [9.17, 15) is 10.1 Å². The van der Waals surface area contributed by atoms with Crippen LogP contribution in [-0.4, -0.2) is 29.0 Å². The van der Waals surface area contributed by atoms with Crippen molar-refractivity contribution >= 4 is 17.3 Å². The molecule has 0 spiro atoms. The average Bonchev–Trinajstić information content (AvgIpc) is 2.41. The summed E-state index contributed by atoms with van der Waals surface area (Å²) in [7, 11) is 0. The molecule has 1 fully saturated rings. The molecular formula is C14H22N4O2. The molecule has 2 atom stereocenters. The molecule has 0 amide bonds. The molecule has 1 aliphatic rings. The lowest BCUT2D eigenvalue weighted by atomic mass is 9.95. The van der Waals surface area contributed by atoms with Crippen LogP contribution in [0.2, 0.25) is 0 Å². The minimum atomic E-state index is -0.343. The summed E-state index contributed by atoms with van der Waals surface area (Å²) < 4.78 is 0. The van der Waals surface area contributed by atoms with Gasteiger partial charge >= 0.3 is 5.69 Å². The van der Waals surface area contributed by atoms with Gasteiger partial charge in [0.2, 0.25) is 5.82 Å². The zero-order valence-electron chi connectivity index (χ0n) is 12.3. The highest BCUT2D eigenvalue weighted by Gasteiger charge is 2.29. The highest BCUT2D eigenvalue weighted by molar-refractivity contribution is 5.62. The Morgan fingerprint density at radius 2 is 2.20 bits per heavy atom. The molecule has 2 rings (SSSR count). The summed E-state index contributed by atoms with van der Waals surface area (Å²) in [5.74, 6) is 1.72. The van der Waals surface area contributed by atoms with E-state index in [1.807, 2.05) is 6.92 Å². The molecular weight excluding hydrogens is 256 g/mol. The maximum Gasteiger partial charge on any atom is 0.311 e. The number of hydrogen-bond acceptors (Lipinski definition) is 5. The predicted octanol–water partition coefficient (Wildman–Crippen LogP) is 3.05. The maximum absolute atomic E-state index is 11.2. The molecule has 110 valence electrons. The third-order valence-corrected chi connectivity index (χ3v) is 3.80. The van der Waals surface area contributed by atoms with Crippen LogP contribution in [0.15, 0.2) is 12.1 Å². The largest absolute Gasteiger partial charge is 0.370 e. The van der Waals surface area contributed by atoms with Crippen molar-refractivity contribution in [2.24, 2.45) is 5.92 Å². The van der Waals surface area contributed by atoms with E-state index in [1.54, 1.807) is 12.1 Å². The van der Waals surface area contributed by atoms with Crippen molar-refractivity contribution in [2.45, 2.75) is 39.7 Å². The Balaban J connectivity index is 2.40. The van der Waals surface area contributed by atoms with Crippen LogP contribution in [0.25, 0.3) is 0 Å². The van der Waals surface area contributed by atoms with E-state index in [1.165, 1.54) is 6.42 Å². The number of rotatable bonds is 4. The standard InChI is InChI=1S/C14H22N4O2/c1-4-15-13-8-7-12(18(19)20)14(16-13)17-9-10(2)5-6-11(17)3/h7-8,10-11H,4-6,9H2,1-3H3,(H,15,16). The zero-order chi connectivity index (χ0) is 14.7. The van der Waals surface area contributed by atoms with E-state index in [0.717, 1.165) is 19.5 Å². The van der Waals surface area contributed by atoms with Gasteiger partial charge in [0.1, 0.15) is 5.82 Å². The van der Waals surface area contributed by atoms with Crippen LogP contribution in [0, 0.1) is 16.0 Å². The molecule has 0 aliphatic carbocycles. The molecule has 0 bridgehead atoms. The highest BCUT2D eigenvalue weighted by atomic mass is 16.6. The molecule has 2 unspecified atom stereocenters. The second-order valence-corrected chi connectivity index (χ2v) is 5.51. The van der Waals surface area contributed by atoms with Gasteiger partial charge in [-0.05, 0) is 38.7 Å². The van der Waals surface area contributed by atoms with Gasteiger partial charge in [0.15, 0.2) is 0 Å². The molecule has 6 nitrogen and oxygen atoms in total. The van der Waals surface area contributed by atoms with Crippen LogP contribution in [-0.2, 0) is 0 Å². The number of aromatic nitrogens is 1. The number of nitro groups is 1. The average molecular weight is 278 g/mol. The van der Waals surface area contributed by atoms with Crippen molar-refractivity contribution in [3.63, 3.8) is 0 Å². The molecule has 1 aliphatic heterocycles. The monoisotopic (exact) mass is 278 g/mol. The summed E-state index contributed by atoms with van der Waals surface area (Å²) in [6, 6.07) is 3.50. The zero-order valence-corrected chi connectivity index (χ0v) is 12.3. The van der Waals surface area contributed by atoms with Gasteiger partial charge < -0.3 is 10.2 Å². The van der Waals surface area contributed by atoms with Crippen LogP contribution >= 0.6 is 0 Å². The van der Waals surface area contributed by atoms with Crippen molar-refractivity contribution < 1.29 is 4.92 Å². The minimum Gasteiger partial charge on any atom is -0.370 e. The van der Waals surface area contributed by atoms with Gasteiger partial charge in [-0.2, -0.15) is 0 Å². The van der Waals surface area contributed by atoms with E-state index in [0.29, 0.717) is 17.6 Å². The first-order chi connectivity index (χ1) is 9.52. The van der Waals surface area contributed by atoms with E-state index >= 15 is 0 Å². The molecule has 0 saturated carbocycles. The summed E-state index contributed by atoms with van der Waals surface area (Å²) in [5.41, 5.74) is 0.0904.